The van der Waals surface area contributed by atoms with E-state index in [2.05, 4.69) is 10.3 Å². The molecule has 0 aliphatic carbocycles. The van der Waals surface area contributed by atoms with Gasteiger partial charge in [-0.15, -0.1) is 11.3 Å². The summed E-state index contributed by atoms with van der Waals surface area (Å²) >= 11 is 1.15. The minimum Gasteiger partial charge on any atom is -0.493 e. The van der Waals surface area contributed by atoms with Crippen molar-refractivity contribution >= 4 is 40.1 Å². The number of amides is 1. The number of thiazole rings is 1. The molecule has 1 heterocycles. The minimum atomic E-state index is -1.08. The van der Waals surface area contributed by atoms with Crippen molar-refractivity contribution in [3.05, 3.63) is 69.6 Å². The fourth-order valence-electron chi connectivity index (χ4n) is 2.94. The topological polar surface area (TPSA) is 130 Å². The van der Waals surface area contributed by atoms with Gasteiger partial charge in [0.15, 0.2) is 22.7 Å². The van der Waals surface area contributed by atoms with Gasteiger partial charge >= 0.3 is 5.97 Å². The molecule has 0 fully saturated rings. The number of hydrogen-bond acceptors (Lipinski definition) is 9. The number of esters is 1. The number of nitro groups is 1. The Hall–Kier alpha value is -4.25. The number of nitrogens with one attached hydrogen (secondary N) is 1. The highest BCUT2D eigenvalue weighted by Crippen LogP contribution is 2.29. The third-order valence-electron chi connectivity index (χ3n) is 4.65. The molecular weight excluding hydrogens is 474 g/mol. The number of non-ortho nitro benzene ring substituents is 1. The third kappa shape index (κ3) is 6.87. The molecule has 1 aromatic heterocycles. The molecule has 0 aliphatic rings. The number of hydrogen-bond donors (Lipinski definition) is 1. The number of nitrogens with zero attached hydrogens (tertiary/aromatic N) is 2. The maximum atomic E-state index is 12.4. The second kappa shape index (κ2) is 11.7. The summed E-state index contributed by atoms with van der Waals surface area (Å²) in [5.41, 5.74) is 1.66. The summed E-state index contributed by atoms with van der Waals surface area (Å²) in [6.07, 6.45) is 1.67. The van der Waals surface area contributed by atoms with Gasteiger partial charge in [0.1, 0.15) is 0 Å². The molecule has 1 N–H and O–H groups in total. The van der Waals surface area contributed by atoms with E-state index >= 15 is 0 Å². The van der Waals surface area contributed by atoms with Crippen molar-refractivity contribution in [1.82, 2.24) is 4.98 Å². The fourth-order valence-corrected chi connectivity index (χ4v) is 3.67. The number of methoxy groups -OCH3 is 1. The van der Waals surface area contributed by atoms with Crippen LogP contribution in [0.25, 0.3) is 17.3 Å². The molecule has 182 valence electrons. The zero-order valence-corrected chi connectivity index (χ0v) is 20.0. The molecule has 0 spiro atoms. The first-order valence-corrected chi connectivity index (χ1v) is 11.4. The molecule has 0 bridgehead atoms. The molecule has 3 aromatic rings. The molecule has 0 saturated carbocycles. The Bertz CT molecular complexity index is 1260. The smallest absolute Gasteiger partial charge is 0.331 e. The molecule has 0 radical (unpaired) electrons. The predicted molar refractivity (Wildman–Crippen MR) is 132 cm³/mol. The quantitative estimate of drug-likeness (QED) is 0.184. The van der Waals surface area contributed by atoms with Crippen molar-refractivity contribution in [2.75, 3.05) is 19.0 Å². The van der Waals surface area contributed by atoms with Gasteiger partial charge in [0.25, 0.3) is 11.6 Å². The molecule has 35 heavy (non-hydrogen) atoms. The number of nitro benzene ring substituents is 1. The highest BCUT2D eigenvalue weighted by atomic mass is 32.1. The van der Waals surface area contributed by atoms with E-state index in [0.717, 1.165) is 11.3 Å². The second-order valence-corrected chi connectivity index (χ2v) is 7.95. The van der Waals surface area contributed by atoms with E-state index < -0.39 is 22.9 Å². The van der Waals surface area contributed by atoms with Crippen LogP contribution in [0.4, 0.5) is 10.8 Å². The van der Waals surface area contributed by atoms with Crippen molar-refractivity contribution in [1.29, 1.82) is 0 Å². The van der Waals surface area contributed by atoms with Crippen LogP contribution in [0.1, 0.15) is 19.4 Å². The summed E-state index contributed by atoms with van der Waals surface area (Å²) in [6.45, 7) is 3.80. The van der Waals surface area contributed by atoms with E-state index in [4.69, 9.17) is 14.2 Å². The van der Waals surface area contributed by atoms with Crippen LogP contribution in [0, 0.1) is 10.1 Å². The number of benzene rings is 2. The van der Waals surface area contributed by atoms with Crippen LogP contribution >= 0.6 is 11.3 Å². The van der Waals surface area contributed by atoms with E-state index in [0.29, 0.717) is 34.9 Å². The lowest BCUT2D eigenvalue weighted by Gasteiger charge is -2.11. The van der Waals surface area contributed by atoms with Gasteiger partial charge < -0.3 is 14.2 Å². The second-order valence-electron chi connectivity index (χ2n) is 7.09. The first kappa shape index (κ1) is 25.4. The number of carbonyl (C=O) groups is 2. The average Bonchev–Trinajstić information content (AvgIpc) is 3.32. The Morgan fingerprint density at radius 1 is 1.23 bits per heavy atom. The Morgan fingerprint density at radius 3 is 2.74 bits per heavy atom. The Labute approximate surface area is 205 Å². The molecule has 1 unspecified atom stereocenters. The lowest BCUT2D eigenvalue weighted by Crippen LogP contribution is -2.29. The van der Waals surface area contributed by atoms with Crippen LogP contribution in [-0.2, 0) is 14.3 Å². The number of carbonyl (C=O) groups excluding carboxylic acids is 2. The summed E-state index contributed by atoms with van der Waals surface area (Å²) in [6, 6.07) is 11.2. The summed E-state index contributed by atoms with van der Waals surface area (Å²) in [7, 11) is 1.52. The maximum Gasteiger partial charge on any atom is 0.331 e. The van der Waals surface area contributed by atoms with Crippen LogP contribution in [0.15, 0.2) is 53.9 Å². The summed E-state index contributed by atoms with van der Waals surface area (Å²) < 4.78 is 15.9. The van der Waals surface area contributed by atoms with Gasteiger partial charge in [-0.05, 0) is 37.6 Å². The Kier molecular flexibility index (Phi) is 8.52. The molecule has 2 aromatic carbocycles. The third-order valence-corrected chi connectivity index (χ3v) is 5.41. The summed E-state index contributed by atoms with van der Waals surface area (Å²) in [4.78, 5) is 39.4. The predicted octanol–water partition coefficient (Wildman–Crippen LogP) is 4.71. The molecule has 1 atom stereocenters. The minimum absolute atomic E-state index is 0.0571. The highest BCUT2D eigenvalue weighted by molar-refractivity contribution is 7.14. The van der Waals surface area contributed by atoms with E-state index in [1.54, 1.807) is 35.7 Å². The number of ether oxygens (including phenoxy) is 3. The molecule has 3 rings (SSSR count). The maximum absolute atomic E-state index is 12.4. The molecule has 11 heteroatoms. The fraction of sp³-hybridized carbons (Fsp3) is 0.208. The normalized spacial score (nSPS) is 11.6. The van der Waals surface area contributed by atoms with Crippen LogP contribution < -0.4 is 14.8 Å². The van der Waals surface area contributed by atoms with Gasteiger partial charge in [0, 0.05) is 29.2 Å². The van der Waals surface area contributed by atoms with E-state index in [-0.39, 0.29) is 10.8 Å². The summed E-state index contributed by atoms with van der Waals surface area (Å²) in [5.74, 6) is -0.134. The first-order valence-electron chi connectivity index (χ1n) is 10.5. The average molecular weight is 498 g/mol. The van der Waals surface area contributed by atoms with Gasteiger partial charge in [-0.2, -0.15) is 0 Å². The summed E-state index contributed by atoms with van der Waals surface area (Å²) in [5, 5.41) is 15.5. The van der Waals surface area contributed by atoms with Crippen molar-refractivity contribution in [2.45, 2.75) is 20.0 Å². The van der Waals surface area contributed by atoms with E-state index in [1.165, 1.54) is 38.3 Å². The monoisotopic (exact) mass is 497 g/mol. The van der Waals surface area contributed by atoms with E-state index in [1.807, 2.05) is 6.92 Å². The van der Waals surface area contributed by atoms with Crippen molar-refractivity contribution < 1.29 is 28.7 Å². The van der Waals surface area contributed by atoms with Gasteiger partial charge in [-0.3, -0.25) is 20.2 Å². The van der Waals surface area contributed by atoms with Gasteiger partial charge in [0.2, 0.25) is 0 Å². The van der Waals surface area contributed by atoms with Gasteiger partial charge in [-0.1, -0.05) is 18.2 Å². The van der Waals surface area contributed by atoms with Crippen molar-refractivity contribution in [3.8, 4) is 22.8 Å². The Balaban J connectivity index is 1.57. The number of anilines is 1. The van der Waals surface area contributed by atoms with Gasteiger partial charge in [0.05, 0.1) is 24.3 Å². The van der Waals surface area contributed by atoms with Crippen molar-refractivity contribution in [2.24, 2.45) is 0 Å². The largest absolute Gasteiger partial charge is 0.493 e. The van der Waals surface area contributed by atoms with Crippen LogP contribution in [0.3, 0.4) is 0 Å². The Morgan fingerprint density at radius 2 is 2.03 bits per heavy atom. The van der Waals surface area contributed by atoms with Crippen LogP contribution in [-0.4, -0.2) is 41.6 Å². The van der Waals surface area contributed by atoms with Crippen LogP contribution in [0.2, 0.25) is 0 Å². The number of rotatable bonds is 10. The lowest BCUT2D eigenvalue weighted by atomic mass is 10.1. The standard InChI is InChI=1S/C24H23N3O7S/c1-4-33-20-10-8-16(12-21(20)32-3)9-11-22(28)34-15(2)23(29)26-24-25-19(14-35-24)17-6-5-7-18(13-17)27(30)31/h5-15H,4H2,1-3H3,(H,25,26,29)/b11-9+. The molecular formula is C24H23N3O7S. The molecule has 0 aliphatic heterocycles. The zero-order valence-electron chi connectivity index (χ0n) is 19.2. The first-order chi connectivity index (χ1) is 16.8. The molecule has 0 saturated heterocycles. The van der Waals surface area contributed by atoms with Gasteiger partial charge in [-0.25, -0.2) is 9.78 Å². The highest BCUT2D eigenvalue weighted by Gasteiger charge is 2.19. The lowest BCUT2D eigenvalue weighted by molar-refractivity contribution is -0.384. The van der Waals surface area contributed by atoms with E-state index in [9.17, 15) is 19.7 Å². The molecule has 1 amide bonds. The zero-order chi connectivity index (χ0) is 25.4. The van der Waals surface area contributed by atoms with Crippen LogP contribution in [0.5, 0.6) is 11.5 Å². The van der Waals surface area contributed by atoms with Crippen molar-refractivity contribution in [3.63, 3.8) is 0 Å². The number of aromatic nitrogens is 1. The SMILES string of the molecule is CCOc1ccc(/C=C/C(=O)OC(C)C(=O)Nc2nc(-c3cccc([N+](=O)[O-])c3)cs2)cc1OC. The molecule has 10 nitrogen and oxygen atoms in total.